The van der Waals surface area contributed by atoms with Gasteiger partial charge in [-0.3, -0.25) is 4.90 Å². The largest absolute Gasteiger partial charge is 0.439 e. The first-order valence-electron chi connectivity index (χ1n) is 8.79. The summed E-state index contributed by atoms with van der Waals surface area (Å²) in [6.07, 6.45) is 5.32. The molecule has 0 spiro atoms. The first kappa shape index (κ1) is 16.5. The summed E-state index contributed by atoms with van der Waals surface area (Å²) in [5, 5.41) is 0. The Balaban J connectivity index is 1.34. The molecule has 3 aromatic rings. The summed E-state index contributed by atoms with van der Waals surface area (Å²) in [5.41, 5.74) is 1.24. The Morgan fingerprint density at radius 3 is 2.38 bits per heavy atom. The molecule has 1 aliphatic rings. The van der Waals surface area contributed by atoms with Gasteiger partial charge in [-0.05, 0) is 29.8 Å². The van der Waals surface area contributed by atoms with E-state index in [0.717, 1.165) is 44.4 Å². The van der Waals surface area contributed by atoms with Gasteiger partial charge in [0, 0.05) is 57.4 Å². The predicted octanol–water partition coefficient (Wildman–Crippen LogP) is 2.99. The van der Waals surface area contributed by atoms with Crippen molar-refractivity contribution in [2.75, 3.05) is 31.1 Å². The van der Waals surface area contributed by atoms with E-state index in [9.17, 15) is 0 Å². The average Bonchev–Trinajstić information content (AvgIpc) is 2.70. The molecule has 6 heteroatoms. The summed E-state index contributed by atoms with van der Waals surface area (Å²) in [7, 11) is 0. The molecule has 0 aliphatic carbocycles. The third kappa shape index (κ3) is 4.15. The number of benzene rings is 1. The zero-order valence-electron chi connectivity index (χ0n) is 14.5. The second-order valence-corrected chi connectivity index (χ2v) is 6.23. The average molecular weight is 347 g/mol. The molecule has 0 atom stereocenters. The molecule has 0 bridgehead atoms. The molecule has 26 heavy (non-hydrogen) atoms. The summed E-state index contributed by atoms with van der Waals surface area (Å²) < 4.78 is 5.83. The maximum Gasteiger partial charge on any atom is 0.225 e. The number of anilines is 1. The molecule has 0 radical (unpaired) electrons. The molecular weight excluding hydrogens is 326 g/mol. The van der Waals surface area contributed by atoms with Gasteiger partial charge in [0.2, 0.25) is 11.8 Å². The minimum atomic E-state index is 0.612. The standard InChI is InChI=1S/C20H21N5O/c1-2-8-21-19(7-1)26-18-6-3-5-17(15-18)16-24-11-13-25(14-12-24)20-22-9-4-10-23-20/h1-10,15H,11-14,16H2. The van der Waals surface area contributed by atoms with Crippen molar-refractivity contribution < 1.29 is 4.74 Å². The highest BCUT2D eigenvalue weighted by atomic mass is 16.5. The molecule has 1 aliphatic heterocycles. The number of rotatable bonds is 5. The van der Waals surface area contributed by atoms with Crippen LogP contribution in [0.4, 0.5) is 5.95 Å². The van der Waals surface area contributed by atoms with E-state index in [2.05, 4.69) is 36.9 Å². The van der Waals surface area contributed by atoms with Crippen molar-refractivity contribution in [1.29, 1.82) is 0 Å². The monoisotopic (exact) mass is 347 g/mol. The number of ether oxygens (including phenoxy) is 1. The van der Waals surface area contributed by atoms with Crippen molar-refractivity contribution in [3.8, 4) is 11.6 Å². The lowest BCUT2D eigenvalue weighted by Gasteiger charge is -2.34. The fourth-order valence-electron chi connectivity index (χ4n) is 3.05. The maximum atomic E-state index is 5.83. The minimum absolute atomic E-state index is 0.612. The van der Waals surface area contributed by atoms with E-state index in [1.165, 1.54) is 5.56 Å². The molecule has 0 unspecified atom stereocenters. The zero-order valence-corrected chi connectivity index (χ0v) is 14.5. The van der Waals surface area contributed by atoms with E-state index < -0.39 is 0 Å². The minimum Gasteiger partial charge on any atom is -0.439 e. The van der Waals surface area contributed by atoms with Crippen LogP contribution in [0.5, 0.6) is 11.6 Å². The van der Waals surface area contributed by atoms with Crippen molar-refractivity contribution in [3.05, 3.63) is 72.7 Å². The van der Waals surface area contributed by atoms with Crippen LogP contribution >= 0.6 is 0 Å². The fourth-order valence-corrected chi connectivity index (χ4v) is 3.05. The summed E-state index contributed by atoms with van der Waals surface area (Å²) in [6.45, 7) is 4.76. The maximum absolute atomic E-state index is 5.83. The Morgan fingerprint density at radius 1 is 0.808 bits per heavy atom. The van der Waals surface area contributed by atoms with Crippen LogP contribution in [0, 0.1) is 0 Å². The highest BCUT2D eigenvalue weighted by Gasteiger charge is 2.18. The second-order valence-electron chi connectivity index (χ2n) is 6.23. The van der Waals surface area contributed by atoms with Crippen LogP contribution in [0.3, 0.4) is 0 Å². The molecule has 0 N–H and O–H groups in total. The van der Waals surface area contributed by atoms with Gasteiger partial charge in [0.1, 0.15) is 5.75 Å². The van der Waals surface area contributed by atoms with E-state index in [4.69, 9.17) is 4.74 Å². The molecule has 2 aromatic heterocycles. The molecular formula is C20H21N5O. The number of hydrogen-bond acceptors (Lipinski definition) is 6. The quantitative estimate of drug-likeness (QED) is 0.707. The Hall–Kier alpha value is -2.99. The molecule has 6 nitrogen and oxygen atoms in total. The number of piperazine rings is 1. The molecule has 1 aromatic carbocycles. The highest BCUT2D eigenvalue weighted by Crippen LogP contribution is 2.21. The molecule has 0 amide bonds. The van der Waals surface area contributed by atoms with Gasteiger partial charge in [0.25, 0.3) is 0 Å². The third-order valence-corrected chi connectivity index (χ3v) is 4.37. The van der Waals surface area contributed by atoms with E-state index in [1.807, 2.05) is 36.4 Å². The summed E-state index contributed by atoms with van der Waals surface area (Å²) >= 11 is 0. The molecule has 4 rings (SSSR count). The Bertz CT molecular complexity index is 820. The Kier molecular flexibility index (Phi) is 5.02. The van der Waals surface area contributed by atoms with Crippen LogP contribution in [0.25, 0.3) is 0 Å². The fraction of sp³-hybridized carbons (Fsp3) is 0.250. The lowest BCUT2D eigenvalue weighted by atomic mass is 10.2. The Labute approximate surface area is 153 Å². The topological polar surface area (TPSA) is 54.4 Å². The van der Waals surface area contributed by atoms with Gasteiger partial charge < -0.3 is 9.64 Å². The normalized spacial score (nSPS) is 15.0. The van der Waals surface area contributed by atoms with Gasteiger partial charge in [-0.15, -0.1) is 0 Å². The number of hydrogen-bond donors (Lipinski definition) is 0. The first-order chi connectivity index (χ1) is 12.9. The summed E-state index contributed by atoms with van der Waals surface area (Å²) in [5.74, 6) is 2.25. The van der Waals surface area contributed by atoms with E-state index >= 15 is 0 Å². The summed E-state index contributed by atoms with van der Waals surface area (Å²) in [6, 6.07) is 15.7. The van der Waals surface area contributed by atoms with E-state index in [-0.39, 0.29) is 0 Å². The van der Waals surface area contributed by atoms with Crippen LogP contribution in [-0.4, -0.2) is 46.0 Å². The van der Waals surface area contributed by atoms with Crippen LogP contribution in [-0.2, 0) is 6.54 Å². The van der Waals surface area contributed by atoms with Gasteiger partial charge in [0.05, 0.1) is 0 Å². The second kappa shape index (κ2) is 7.93. The third-order valence-electron chi connectivity index (χ3n) is 4.37. The number of nitrogens with zero attached hydrogens (tertiary/aromatic N) is 5. The van der Waals surface area contributed by atoms with Crippen molar-refractivity contribution in [2.24, 2.45) is 0 Å². The molecule has 132 valence electrons. The van der Waals surface area contributed by atoms with Crippen molar-refractivity contribution in [1.82, 2.24) is 19.9 Å². The first-order valence-corrected chi connectivity index (χ1v) is 8.79. The van der Waals surface area contributed by atoms with Crippen LogP contribution in [0.1, 0.15) is 5.56 Å². The predicted molar refractivity (Wildman–Crippen MR) is 100 cm³/mol. The van der Waals surface area contributed by atoms with Crippen molar-refractivity contribution in [3.63, 3.8) is 0 Å². The van der Waals surface area contributed by atoms with E-state index in [1.54, 1.807) is 18.6 Å². The van der Waals surface area contributed by atoms with Gasteiger partial charge in [-0.25, -0.2) is 15.0 Å². The highest BCUT2D eigenvalue weighted by molar-refractivity contribution is 5.32. The Morgan fingerprint density at radius 2 is 1.62 bits per heavy atom. The van der Waals surface area contributed by atoms with Gasteiger partial charge >= 0.3 is 0 Å². The molecule has 1 fully saturated rings. The van der Waals surface area contributed by atoms with Crippen molar-refractivity contribution >= 4 is 5.95 Å². The van der Waals surface area contributed by atoms with Gasteiger partial charge in [-0.1, -0.05) is 18.2 Å². The number of aromatic nitrogens is 3. The van der Waals surface area contributed by atoms with Gasteiger partial charge in [-0.2, -0.15) is 0 Å². The zero-order chi connectivity index (χ0) is 17.6. The van der Waals surface area contributed by atoms with E-state index in [0.29, 0.717) is 5.88 Å². The smallest absolute Gasteiger partial charge is 0.225 e. The molecule has 1 saturated heterocycles. The summed E-state index contributed by atoms with van der Waals surface area (Å²) in [4.78, 5) is 17.6. The van der Waals surface area contributed by atoms with Crippen LogP contribution in [0.2, 0.25) is 0 Å². The van der Waals surface area contributed by atoms with Crippen LogP contribution in [0.15, 0.2) is 67.1 Å². The number of pyridine rings is 1. The SMILES string of the molecule is c1ccc(Oc2cccc(CN3CCN(c4ncccn4)CC3)c2)nc1. The van der Waals surface area contributed by atoms with Crippen LogP contribution < -0.4 is 9.64 Å². The van der Waals surface area contributed by atoms with Gasteiger partial charge in [0.15, 0.2) is 0 Å². The lowest BCUT2D eigenvalue weighted by molar-refractivity contribution is 0.248. The van der Waals surface area contributed by atoms with Crippen molar-refractivity contribution in [2.45, 2.75) is 6.54 Å². The molecule has 0 saturated carbocycles. The lowest BCUT2D eigenvalue weighted by Crippen LogP contribution is -2.46. The molecule has 3 heterocycles.